The van der Waals surface area contributed by atoms with Gasteiger partial charge < -0.3 is 9.84 Å². The molecule has 0 aliphatic heterocycles. The molecule has 0 unspecified atom stereocenters. The SMILES string of the molecule is COc1cccc2c1-c1c(O)cc3cc(C)cc(C)c3c1C2=O. The number of hydrogen-bond donors (Lipinski definition) is 1. The van der Waals surface area contributed by atoms with Crippen LogP contribution in [0.5, 0.6) is 11.5 Å². The summed E-state index contributed by atoms with van der Waals surface area (Å²) >= 11 is 0. The van der Waals surface area contributed by atoms with Gasteiger partial charge in [0.1, 0.15) is 11.5 Å². The first-order valence-electron chi connectivity index (χ1n) is 7.52. The lowest BCUT2D eigenvalue weighted by Gasteiger charge is -2.12. The van der Waals surface area contributed by atoms with Crippen molar-refractivity contribution in [2.45, 2.75) is 13.8 Å². The van der Waals surface area contributed by atoms with E-state index in [1.807, 2.05) is 26.0 Å². The number of phenols is 1. The molecule has 1 aliphatic rings. The van der Waals surface area contributed by atoms with E-state index in [9.17, 15) is 9.90 Å². The molecule has 3 aromatic carbocycles. The Kier molecular flexibility index (Phi) is 2.76. The monoisotopic (exact) mass is 304 g/mol. The molecule has 0 aromatic heterocycles. The highest BCUT2D eigenvalue weighted by molar-refractivity contribution is 6.29. The number of phenolic OH excluding ortho intramolecular Hbond substituents is 1. The summed E-state index contributed by atoms with van der Waals surface area (Å²) in [6.07, 6.45) is 0. The van der Waals surface area contributed by atoms with Crippen molar-refractivity contribution in [3.05, 3.63) is 58.7 Å². The average molecular weight is 304 g/mol. The number of ether oxygens (including phenoxy) is 1. The third kappa shape index (κ3) is 1.73. The average Bonchev–Trinajstić information content (AvgIpc) is 2.81. The Bertz CT molecular complexity index is 1000. The van der Waals surface area contributed by atoms with Crippen molar-refractivity contribution in [1.29, 1.82) is 0 Å². The summed E-state index contributed by atoms with van der Waals surface area (Å²) in [6.45, 7) is 4.01. The number of hydrogen-bond acceptors (Lipinski definition) is 3. The zero-order valence-corrected chi connectivity index (χ0v) is 13.2. The second kappa shape index (κ2) is 4.59. The molecular weight excluding hydrogens is 288 g/mol. The van der Waals surface area contributed by atoms with E-state index in [4.69, 9.17) is 4.74 Å². The molecule has 0 atom stereocenters. The summed E-state index contributed by atoms with van der Waals surface area (Å²) in [6, 6.07) is 11.2. The number of carbonyl (C=O) groups is 1. The van der Waals surface area contributed by atoms with Gasteiger partial charge in [-0.3, -0.25) is 4.79 Å². The predicted octanol–water partition coefficient (Wildman–Crippen LogP) is 4.38. The standard InChI is InChI=1S/C20H16O3/c1-10-7-11(2)16-12(8-10)9-14(21)18-17-13(20(22)19(16)18)5-4-6-15(17)23-3/h4-9,21H,1-3H3. The van der Waals surface area contributed by atoms with Crippen LogP contribution >= 0.6 is 0 Å². The molecule has 0 saturated heterocycles. The molecule has 0 fully saturated rings. The van der Waals surface area contributed by atoms with Crippen LogP contribution in [0.1, 0.15) is 27.0 Å². The highest BCUT2D eigenvalue weighted by Gasteiger charge is 2.34. The van der Waals surface area contributed by atoms with Crippen molar-refractivity contribution in [1.82, 2.24) is 0 Å². The zero-order chi connectivity index (χ0) is 16.3. The van der Waals surface area contributed by atoms with Gasteiger partial charge >= 0.3 is 0 Å². The van der Waals surface area contributed by atoms with Crippen LogP contribution in [0.4, 0.5) is 0 Å². The second-order valence-electron chi connectivity index (χ2n) is 6.04. The van der Waals surface area contributed by atoms with Crippen LogP contribution < -0.4 is 4.74 Å². The number of aromatic hydroxyl groups is 1. The molecule has 114 valence electrons. The number of benzene rings is 3. The molecule has 0 saturated carbocycles. The number of fused-ring (bicyclic) bond motifs is 5. The Labute approximate surface area is 134 Å². The molecule has 3 nitrogen and oxygen atoms in total. The summed E-state index contributed by atoms with van der Waals surface area (Å²) < 4.78 is 5.42. The van der Waals surface area contributed by atoms with Gasteiger partial charge in [0, 0.05) is 22.3 Å². The number of ketones is 1. The molecule has 0 bridgehead atoms. The van der Waals surface area contributed by atoms with Gasteiger partial charge in [-0.1, -0.05) is 29.8 Å². The van der Waals surface area contributed by atoms with Gasteiger partial charge in [0.2, 0.25) is 0 Å². The fourth-order valence-electron chi connectivity index (χ4n) is 3.69. The minimum atomic E-state index is -0.0539. The second-order valence-corrected chi connectivity index (χ2v) is 6.04. The first kappa shape index (κ1) is 13.8. The zero-order valence-electron chi connectivity index (χ0n) is 13.2. The summed E-state index contributed by atoms with van der Waals surface area (Å²) in [5, 5.41) is 12.4. The predicted molar refractivity (Wildman–Crippen MR) is 90.5 cm³/mol. The molecule has 0 heterocycles. The molecule has 0 amide bonds. The van der Waals surface area contributed by atoms with E-state index in [1.54, 1.807) is 25.3 Å². The van der Waals surface area contributed by atoms with E-state index in [0.717, 1.165) is 21.9 Å². The van der Waals surface area contributed by atoms with E-state index in [0.29, 0.717) is 28.0 Å². The third-order valence-electron chi connectivity index (χ3n) is 4.53. The smallest absolute Gasteiger partial charge is 0.195 e. The lowest BCUT2D eigenvalue weighted by molar-refractivity contribution is 0.104. The maximum absolute atomic E-state index is 13.0. The van der Waals surface area contributed by atoms with Crippen LogP contribution in [0.2, 0.25) is 0 Å². The number of rotatable bonds is 1. The minimum Gasteiger partial charge on any atom is -0.507 e. The van der Waals surface area contributed by atoms with Crippen molar-refractivity contribution in [2.24, 2.45) is 0 Å². The first-order chi connectivity index (χ1) is 11.0. The van der Waals surface area contributed by atoms with Gasteiger partial charge in [0.15, 0.2) is 5.78 Å². The van der Waals surface area contributed by atoms with Crippen molar-refractivity contribution in [3.8, 4) is 22.6 Å². The van der Waals surface area contributed by atoms with Crippen LogP contribution in [-0.4, -0.2) is 18.0 Å². The van der Waals surface area contributed by atoms with Gasteiger partial charge in [0.05, 0.1) is 7.11 Å². The Morgan fingerprint density at radius 3 is 2.52 bits per heavy atom. The molecule has 0 spiro atoms. The Morgan fingerprint density at radius 2 is 1.78 bits per heavy atom. The number of carbonyl (C=O) groups excluding carboxylic acids is 1. The molecule has 4 rings (SSSR count). The van der Waals surface area contributed by atoms with Crippen LogP contribution in [0.3, 0.4) is 0 Å². The lowest BCUT2D eigenvalue weighted by atomic mass is 9.93. The third-order valence-corrected chi connectivity index (χ3v) is 4.53. The van der Waals surface area contributed by atoms with Gasteiger partial charge in [-0.2, -0.15) is 0 Å². The van der Waals surface area contributed by atoms with E-state index in [-0.39, 0.29) is 11.5 Å². The summed E-state index contributed by atoms with van der Waals surface area (Å²) in [4.78, 5) is 13.0. The van der Waals surface area contributed by atoms with E-state index < -0.39 is 0 Å². The summed E-state index contributed by atoms with van der Waals surface area (Å²) in [7, 11) is 1.57. The molecular formula is C20H16O3. The van der Waals surface area contributed by atoms with E-state index >= 15 is 0 Å². The Balaban J connectivity index is 2.22. The number of aryl methyl sites for hydroxylation is 2. The van der Waals surface area contributed by atoms with E-state index in [1.165, 1.54) is 0 Å². The van der Waals surface area contributed by atoms with Gasteiger partial charge in [-0.05, 0) is 42.3 Å². The topological polar surface area (TPSA) is 46.5 Å². The van der Waals surface area contributed by atoms with E-state index in [2.05, 4.69) is 6.07 Å². The minimum absolute atomic E-state index is 0.0539. The normalized spacial score (nSPS) is 12.4. The fourth-order valence-corrected chi connectivity index (χ4v) is 3.69. The summed E-state index contributed by atoms with van der Waals surface area (Å²) in [5.41, 5.74) is 4.58. The van der Waals surface area contributed by atoms with Gasteiger partial charge in [0.25, 0.3) is 0 Å². The lowest BCUT2D eigenvalue weighted by Crippen LogP contribution is -1.98. The van der Waals surface area contributed by atoms with Crippen LogP contribution in [-0.2, 0) is 0 Å². The molecule has 3 aromatic rings. The van der Waals surface area contributed by atoms with Crippen molar-refractivity contribution in [3.63, 3.8) is 0 Å². The highest BCUT2D eigenvalue weighted by Crippen LogP contribution is 2.50. The molecule has 1 aliphatic carbocycles. The van der Waals surface area contributed by atoms with Crippen LogP contribution in [0.25, 0.3) is 21.9 Å². The van der Waals surface area contributed by atoms with Crippen LogP contribution in [0, 0.1) is 13.8 Å². The van der Waals surface area contributed by atoms with Crippen LogP contribution in [0.15, 0.2) is 36.4 Å². The molecule has 0 radical (unpaired) electrons. The largest absolute Gasteiger partial charge is 0.507 e. The quantitative estimate of drug-likeness (QED) is 0.567. The Morgan fingerprint density at radius 1 is 1.00 bits per heavy atom. The Hall–Kier alpha value is -2.81. The number of methoxy groups -OCH3 is 1. The first-order valence-corrected chi connectivity index (χ1v) is 7.52. The molecule has 23 heavy (non-hydrogen) atoms. The molecule has 1 N–H and O–H groups in total. The fraction of sp³-hybridized carbons (Fsp3) is 0.150. The maximum atomic E-state index is 13.0. The van der Waals surface area contributed by atoms with Crippen molar-refractivity contribution >= 4 is 16.6 Å². The van der Waals surface area contributed by atoms with Gasteiger partial charge in [-0.15, -0.1) is 0 Å². The van der Waals surface area contributed by atoms with Crippen molar-refractivity contribution in [2.75, 3.05) is 7.11 Å². The summed E-state index contributed by atoms with van der Waals surface area (Å²) in [5.74, 6) is 0.671. The van der Waals surface area contributed by atoms with Gasteiger partial charge in [-0.25, -0.2) is 0 Å². The maximum Gasteiger partial charge on any atom is 0.195 e. The highest BCUT2D eigenvalue weighted by atomic mass is 16.5. The van der Waals surface area contributed by atoms with Crippen molar-refractivity contribution < 1.29 is 14.6 Å². The molecule has 3 heteroatoms.